The number of ether oxygens (including phenoxy) is 1. The molecule has 2 rings (SSSR count). The molecule has 0 amide bonds. The van der Waals surface area contributed by atoms with Gasteiger partial charge in [-0.25, -0.2) is 4.98 Å². The Bertz CT molecular complexity index is 623. The lowest BCUT2D eigenvalue weighted by atomic mass is 10.3. The highest BCUT2D eigenvalue weighted by molar-refractivity contribution is 6.37. The summed E-state index contributed by atoms with van der Waals surface area (Å²) in [7, 11) is 0. The van der Waals surface area contributed by atoms with Gasteiger partial charge in [-0.05, 0) is 11.6 Å². The summed E-state index contributed by atoms with van der Waals surface area (Å²) in [6, 6.07) is 5.44. The van der Waals surface area contributed by atoms with Crippen LogP contribution >= 0.6 is 23.2 Å². The fourth-order valence-electron chi connectivity index (χ4n) is 1.42. The molecule has 2 aromatic rings. The maximum atomic E-state index is 10.7. The van der Waals surface area contributed by atoms with Crippen LogP contribution in [0.25, 0.3) is 0 Å². The molecule has 8 heteroatoms. The van der Waals surface area contributed by atoms with Crippen LogP contribution in [0.1, 0.15) is 5.56 Å². The second-order valence-electron chi connectivity index (χ2n) is 3.76. The zero-order valence-corrected chi connectivity index (χ0v) is 11.4. The van der Waals surface area contributed by atoms with Crippen LogP contribution < -0.4 is 4.74 Å². The van der Waals surface area contributed by atoms with Gasteiger partial charge in [0, 0.05) is 24.4 Å². The van der Waals surface area contributed by atoms with Crippen molar-refractivity contribution in [2.75, 3.05) is 0 Å². The summed E-state index contributed by atoms with van der Waals surface area (Å²) >= 11 is 11.8. The van der Waals surface area contributed by atoms with E-state index >= 15 is 0 Å². The number of hydrogen-bond acceptors (Lipinski definition) is 5. The molecule has 0 unspecified atom stereocenters. The molecule has 1 aromatic carbocycles. The molecule has 1 heterocycles. The number of benzene rings is 1. The maximum Gasteiger partial charge on any atom is 0.272 e. The number of nitro groups is 1. The Kier molecular flexibility index (Phi) is 4.39. The first kappa shape index (κ1) is 14.5. The van der Waals surface area contributed by atoms with E-state index in [1.54, 1.807) is 6.07 Å². The number of aromatic nitrogens is 1. The van der Waals surface area contributed by atoms with Crippen LogP contribution in [0, 0.1) is 10.1 Å². The van der Waals surface area contributed by atoms with Gasteiger partial charge in [0.2, 0.25) is 5.88 Å². The topological polar surface area (TPSA) is 85.5 Å². The minimum atomic E-state index is -0.601. The van der Waals surface area contributed by atoms with Gasteiger partial charge in [0.05, 0.1) is 21.6 Å². The van der Waals surface area contributed by atoms with E-state index in [-0.39, 0.29) is 34.0 Å². The van der Waals surface area contributed by atoms with E-state index in [4.69, 9.17) is 33.0 Å². The van der Waals surface area contributed by atoms with Crippen LogP contribution in [0.3, 0.4) is 0 Å². The molecule has 0 saturated heterocycles. The van der Waals surface area contributed by atoms with Gasteiger partial charge in [-0.3, -0.25) is 10.1 Å². The van der Waals surface area contributed by atoms with Gasteiger partial charge in [-0.2, -0.15) is 0 Å². The number of hydrogen-bond donors (Lipinski definition) is 1. The Morgan fingerprint density at radius 1 is 1.30 bits per heavy atom. The minimum Gasteiger partial charge on any atom is -0.436 e. The van der Waals surface area contributed by atoms with Crippen LogP contribution in [0.15, 0.2) is 30.5 Å². The molecule has 0 spiro atoms. The smallest absolute Gasteiger partial charge is 0.272 e. The van der Waals surface area contributed by atoms with Crippen molar-refractivity contribution in [1.29, 1.82) is 0 Å². The van der Waals surface area contributed by atoms with E-state index in [1.807, 2.05) is 0 Å². The molecule has 20 heavy (non-hydrogen) atoms. The van der Waals surface area contributed by atoms with Crippen molar-refractivity contribution < 1.29 is 14.8 Å². The van der Waals surface area contributed by atoms with Crippen molar-refractivity contribution in [2.45, 2.75) is 6.61 Å². The molecule has 0 bridgehead atoms. The fraction of sp³-hybridized carbons (Fsp3) is 0.0833. The molecular formula is C12H8Cl2N2O4. The summed E-state index contributed by atoms with van der Waals surface area (Å²) in [6.07, 6.45) is 1.43. The molecule has 0 fully saturated rings. The summed E-state index contributed by atoms with van der Waals surface area (Å²) in [5.74, 6) is 0.294. The molecule has 104 valence electrons. The van der Waals surface area contributed by atoms with Crippen LogP contribution in [-0.2, 0) is 6.61 Å². The third-order valence-corrected chi connectivity index (χ3v) is 2.94. The third kappa shape index (κ3) is 3.16. The number of nitro benzene ring substituents is 1. The standard InChI is InChI=1S/C12H8Cl2N2O4/c13-9-3-8(16(18)19)4-10(14)12(9)20-11-2-1-7(6-17)5-15-11/h1-5,17H,6H2. The lowest BCUT2D eigenvalue weighted by molar-refractivity contribution is -0.384. The van der Waals surface area contributed by atoms with E-state index in [9.17, 15) is 10.1 Å². The van der Waals surface area contributed by atoms with Gasteiger partial charge in [0.25, 0.3) is 5.69 Å². The summed E-state index contributed by atoms with van der Waals surface area (Å²) in [4.78, 5) is 14.0. The lowest BCUT2D eigenvalue weighted by Crippen LogP contribution is -1.93. The van der Waals surface area contributed by atoms with E-state index in [0.717, 1.165) is 12.1 Å². The fourth-order valence-corrected chi connectivity index (χ4v) is 1.97. The molecule has 0 aliphatic rings. The lowest BCUT2D eigenvalue weighted by Gasteiger charge is -2.08. The molecule has 1 aromatic heterocycles. The van der Waals surface area contributed by atoms with Crippen molar-refractivity contribution in [2.24, 2.45) is 0 Å². The Morgan fingerprint density at radius 2 is 1.95 bits per heavy atom. The molecule has 0 atom stereocenters. The van der Waals surface area contributed by atoms with Gasteiger partial charge in [-0.1, -0.05) is 23.2 Å². The molecule has 0 saturated carbocycles. The van der Waals surface area contributed by atoms with Crippen molar-refractivity contribution >= 4 is 28.9 Å². The Labute approximate surface area is 123 Å². The Morgan fingerprint density at radius 3 is 2.40 bits per heavy atom. The molecule has 6 nitrogen and oxygen atoms in total. The molecule has 0 radical (unpaired) electrons. The van der Waals surface area contributed by atoms with Gasteiger partial charge >= 0.3 is 0 Å². The van der Waals surface area contributed by atoms with Crippen molar-refractivity contribution in [3.05, 3.63) is 56.2 Å². The first-order chi connectivity index (χ1) is 9.51. The predicted molar refractivity (Wildman–Crippen MR) is 73.4 cm³/mol. The van der Waals surface area contributed by atoms with Crippen LogP contribution in [0.5, 0.6) is 11.6 Å². The van der Waals surface area contributed by atoms with Crippen LogP contribution in [-0.4, -0.2) is 15.0 Å². The number of rotatable bonds is 4. The minimum absolute atomic E-state index is 0.0113. The normalized spacial score (nSPS) is 10.3. The van der Waals surface area contributed by atoms with E-state index in [0.29, 0.717) is 5.56 Å². The maximum absolute atomic E-state index is 10.7. The highest BCUT2D eigenvalue weighted by Crippen LogP contribution is 2.38. The second kappa shape index (κ2) is 6.04. The number of pyridine rings is 1. The Hall–Kier alpha value is -1.89. The van der Waals surface area contributed by atoms with Crippen LogP contribution in [0.4, 0.5) is 5.69 Å². The molecule has 0 aliphatic carbocycles. The van der Waals surface area contributed by atoms with Gasteiger partial charge < -0.3 is 9.84 Å². The largest absolute Gasteiger partial charge is 0.436 e. The summed E-state index contributed by atoms with van der Waals surface area (Å²) in [5, 5.41) is 19.6. The van der Waals surface area contributed by atoms with E-state index < -0.39 is 4.92 Å². The number of aliphatic hydroxyl groups is 1. The van der Waals surface area contributed by atoms with Crippen molar-refractivity contribution in [1.82, 2.24) is 4.98 Å². The van der Waals surface area contributed by atoms with E-state index in [1.165, 1.54) is 12.3 Å². The highest BCUT2D eigenvalue weighted by atomic mass is 35.5. The van der Waals surface area contributed by atoms with E-state index in [2.05, 4.69) is 4.98 Å². The zero-order valence-electron chi connectivity index (χ0n) is 9.92. The van der Waals surface area contributed by atoms with Gasteiger partial charge in [0.15, 0.2) is 5.75 Å². The highest BCUT2D eigenvalue weighted by Gasteiger charge is 2.16. The average molecular weight is 315 g/mol. The molecular weight excluding hydrogens is 307 g/mol. The van der Waals surface area contributed by atoms with Crippen molar-refractivity contribution in [3.63, 3.8) is 0 Å². The zero-order chi connectivity index (χ0) is 14.7. The average Bonchev–Trinajstić information content (AvgIpc) is 2.43. The van der Waals surface area contributed by atoms with Gasteiger partial charge in [-0.15, -0.1) is 0 Å². The first-order valence-electron chi connectivity index (χ1n) is 5.38. The summed E-state index contributed by atoms with van der Waals surface area (Å²) < 4.78 is 5.39. The number of nitrogens with zero attached hydrogens (tertiary/aromatic N) is 2. The predicted octanol–water partition coefficient (Wildman–Crippen LogP) is 3.58. The first-order valence-corrected chi connectivity index (χ1v) is 6.14. The van der Waals surface area contributed by atoms with Gasteiger partial charge in [0.1, 0.15) is 0 Å². The van der Waals surface area contributed by atoms with Crippen LogP contribution in [0.2, 0.25) is 10.0 Å². The number of non-ortho nitro benzene ring substituents is 1. The number of aliphatic hydroxyl groups excluding tert-OH is 1. The summed E-state index contributed by atoms with van der Waals surface area (Å²) in [5.41, 5.74) is 0.397. The second-order valence-corrected chi connectivity index (χ2v) is 4.57. The number of halogens is 2. The monoisotopic (exact) mass is 314 g/mol. The Balaban J connectivity index is 2.30. The van der Waals surface area contributed by atoms with Crippen molar-refractivity contribution in [3.8, 4) is 11.6 Å². The summed E-state index contributed by atoms with van der Waals surface area (Å²) in [6.45, 7) is -0.133. The third-order valence-electron chi connectivity index (χ3n) is 2.38. The SMILES string of the molecule is O=[N+]([O-])c1cc(Cl)c(Oc2ccc(CO)cn2)c(Cl)c1. The molecule has 1 N–H and O–H groups in total. The quantitative estimate of drug-likeness (QED) is 0.688. The molecule has 0 aliphatic heterocycles.